The molecular weight excluding hydrogens is 242 g/mol. The summed E-state index contributed by atoms with van der Waals surface area (Å²) in [6.45, 7) is 0.874. The Balaban J connectivity index is 1.78. The van der Waals surface area contributed by atoms with Gasteiger partial charge in [-0.2, -0.15) is 0 Å². The first-order valence-corrected chi connectivity index (χ1v) is 5.95. The van der Waals surface area contributed by atoms with Gasteiger partial charge in [0.25, 0.3) is 0 Å². The lowest BCUT2D eigenvalue weighted by atomic mass is 10.1. The summed E-state index contributed by atoms with van der Waals surface area (Å²) >= 11 is 0. The van der Waals surface area contributed by atoms with Gasteiger partial charge in [-0.1, -0.05) is 40.7 Å². The van der Waals surface area contributed by atoms with E-state index < -0.39 is 0 Å². The van der Waals surface area contributed by atoms with Crippen LogP contribution in [-0.4, -0.2) is 20.2 Å². The molecule has 0 radical (unpaired) electrons. The van der Waals surface area contributed by atoms with Crippen LogP contribution in [0.1, 0.15) is 11.5 Å². The molecule has 2 heterocycles. The first-order chi connectivity index (χ1) is 9.35. The molecule has 0 unspecified atom stereocenters. The summed E-state index contributed by atoms with van der Waals surface area (Å²) in [6.07, 6.45) is 1.80. The Kier molecular flexibility index (Phi) is 3.07. The third-order valence-electron chi connectivity index (χ3n) is 2.74. The third kappa shape index (κ3) is 2.53. The van der Waals surface area contributed by atoms with Crippen LogP contribution in [0.25, 0.3) is 11.3 Å². The average molecular weight is 255 g/mol. The maximum absolute atomic E-state index is 5.49. The van der Waals surface area contributed by atoms with Gasteiger partial charge < -0.3 is 10.3 Å². The molecule has 0 saturated carbocycles. The molecule has 0 aliphatic carbocycles. The number of rotatable bonds is 4. The lowest BCUT2D eigenvalue weighted by molar-refractivity contribution is 0.372. The molecule has 6 nitrogen and oxygen atoms in total. The second kappa shape index (κ2) is 5.03. The van der Waals surface area contributed by atoms with Crippen molar-refractivity contribution < 1.29 is 4.52 Å². The minimum absolute atomic E-state index is 0.381. The average Bonchev–Trinajstić information content (AvgIpc) is 3.09. The van der Waals surface area contributed by atoms with Crippen molar-refractivity contribution in [1.29, 1.82) is 0 Å². The SMILES string of the molecule is NCc1cn(Cc2cc(-c3ccccc3)no2)nn1. The molecule has 19 heavy (non-hydrogen) atoms. The van der Waals surface area contributed by atoms with E-state index in [0.717, 1.165) is 22.7 Å². The molecular formula is C13H13N5O. The highest BCUT2D eigenvalue weighted by atomic mass is 16.5. The fourth-order valence-corrected chi connectivity index (χ4v) is 1.80. The molecule has 2 aromatic heterocycles. The van der Waals surface area contributed by atoms with Crippen LogP contribution in [0.4, 0.5) is 0 Å². The number of hydrogen-bond donors (Lipinski definition) is 1. The van der Waals surface area contributed by atoms with E-state index in [-0.39, 0.29) is 0 Å². The Bertz CT molecular complexity index is 658. The molecule has 0 saturated heterocycles. The molecule has 0 spiro atoms. The molecule has 0 amide bonds. The van der Waals surface area contributed by atoms with Crippen LogP contribution < -0.4 is 5.73 Å². The maximum atomic E-state index is 5.49. The summed E-state index contributed by atoms with van der Waals surface area (Å²) in [7, 11) is 0. The van der Waals surface area contributed by atoms with E-state index in [0.29, 0.717) is 13.1 Å². The lowest BCUT2D eigenvalue weighted by Gasteiger charge is -1.93. The topological polar surface area (TPSA) is 82.8 Å². The third-order valence-corrected chi connectivity index (χ3v) is 2.74. The van der Waals surface area contributed by atoms with Crippen LogP contribution in [0.3, 0.4) is 0 Å². The summed E-state index contributed by atoms with van der Waals surface area (Å²) in [5.74, 6) is 0.729. The van der Waals surface area contributed by atoms with Crippen molar-refractivity contribution in [3.63, 3.8) is 0 Å². The van der Waals surface area contributed by atoms with Gasteiger partial charge in [-0.25, -0.2) is 4.68 Å². The second-order valence-corrected chi connectivity index (χ2v) is 4.16. The zero-order chi connectivity index (χ0) is 13.1. The first kappa shape index (κ1) is 11.6. The van der Waals surface area contributed by atoms with Gasteiger partial charge in [0.1, 0.15) is 12.2 Å². The van der Waals surface area contributed by atoms with Gasteiger partial charge in [-0.15, -0.1) is 5.10 Å². The summed E-state index contributed by atoms with van der Waals surface area (Å²) in [5, 5.41) is 11.9. The van der Waals surface area contributed by atoms with Crippen LogP contribution in [0.15, 0.2) is 47.1 Å². The van der Waals surface area contributed by atoms with E-state index in [2.05, 4.69) is 15.5 Å². The van der Waals surface area contributed by atoms with Crippen molar-refractivity contribution in [2.24, 2.45) is 5.73 Å². The Morgan fingerprint density at radius 2 is 2.05 bits per heavy atom. The van der Waals surface area contributed by atoms with Crippen molar-refractivity contribution in [2.45, 2.75) is 13.1 Å². The predicted molar refractivity (Wildman–Crippen MR) is 69.0 cm³/mol. The van der Waals surface area contributed by atoms with Gasteiger partial charge >= 0.3 is 0 Å². The largest absolute Gasteiger partial charge is 0.359 e. The summed E-state index contributed by atoms with van der Waals surface area (Å²) in [4.78, 5) is 0. The van der Waals surface area contributed by atoms with Crippen molar-refractivity contribution in [3.8, 4) is 11.3 Å². The summed E-state index contributed by atoms with van der Waals surface area (Å²) in [6, 6.07) is 11.8. The monoisotopic (exact) mass is 255 g/mol. The van der Waals surface area contributed by atoms with Crippen molar-refractivity contribution in [1.82, 2.24) is 20.2 Å². The van der Waals surface area contributed by atoms with Crippen LogP contribution >= 0.6 is 0 Å². The van der Waals surface area contributed by atoms with E-state index >= 15 is 0 Å². The van der Waals surface area contributed by atoms with E-state index in [1.807, 2.05) is 36.4 Å². The standard InChI is InChI=1S/C13H13N5O/c14-7-11-8-18(17-15-11)9-12-6-13(16-19-12)10-4-2-1-3-5-10/h1-6,8H,7,9,14H2. The molecule has 0 atom stereocenters. The number of hydrogen-bond acceptors (Lipinski definition) is 5. The van der Waals surface area contributed by atoms with Gasteiger partial charge in [-0.3, -0.25) is 0 Å². The molecule has 96 valence electrons. The van der Waals surface area contributed by atoms with E-state index in [9.17, 15) is 0 Å². The van der Waals surface area contributed by atoms with E-state index in [4.69, 9.17) is 10.3 Å². The Hall–Kier alpha value is -2.47. The lowest BCUT2D eigenvalue weighted by Crippen LogP contribution is -1.99. The number of benzene rings is 1. The Morgan fingerprint density at radius 3 is 2.79 bits per heavy atom. The van der Waals surface area contributed by atoms with Gasteiger partial charge in [0.2, 0.25) is 0 Å². The number of nitrogens with zero attached hydrogens (tertiary/aromatic N) is 4. The highest BCUT2D eigenvalue weighted by molar-refractivity contribution is 5.58. The first-order valence-electron chi connectivity index (χ1n) is 5.95. The van der Waals surface area contributed by atoms with E-state index in [1.165, 1.54) is 0 Å². The van der Waals surface area contributed by atoms with Gasteiger partial charge in [0, 0.05) is 18.2 Å². The highest BCUT2D eigenvalue weighted by Crippen LogP contribution is 2.18. The molecule has 1 aromatic carbocycles. The van der Waals surface area contributed by atoms with E-state index in [1.54, 1.807) is 10.9 Å². The fraction of sp³-hybridized carbons (Fsp3) is 0.154. The predicted octanol–water partition coefficient (Wildman–Crippen LogP) is 1.44. The van der Waals surface area contributed by atoms with Crippen LogP contribution in [0.2, 0.25) is 0 Å². The highest BCUT2D eigenvalue weighted by Gasteiger charge is 2.08. The Morgan fingerprint density at radius 1 is 1.21 bits per heavy atom. The fourth-order valence-electron chi connectivity index (χ4n) is 1.80. The minimum Gasteiger partial charge on any atom is -0.359 e. The zero-order valence-electron chi connectivity index (χ0n) is 10.2. The molecule has 0 bridgehead atoms. The van der Waals surface area contributed by atoms with Crippen LogP contribution in [0, 0.1) is 0 Å². The molecule has 0 aliphatic rings. The van der Waals surface area contributed by atoms with Crippen LogP contribution in [0.5, 0.6) is 0 Å². The van der Waals surface area contributed by atoms with Gasteiger partial charge in [0.05, 0.1) is 11.9 Å². The second-order valence-electron chi connectivity index (χ2n) is 4.16. The smallest absolute Gasteiger partial charge is 0.158 e. The maximum Gasteiger partial charge on any atom is 0.158 e. The van der Waals surface area contributed by atoms with Gasteiger partial charge in [-0.05, 0) is 0 Å². The van der Waals surface area contributed by atoms with Crippen LogP contribution in [-0.2, 0) is 13.1 Å². The zero-order valence-corrected chi connectivity index (χ0v) is 10.2. The quantitative estimate of drug-likeness (QED) is 0.762. The molecule has 2 N–H and O–H groups in total. The molecule has 0 aliphatic heterocycles. The van der Waals surface area contributed by atoms with Crippen molar-refractivity contribution >= 4 is 0 Å². The summed E-state index contributed by atoms with van der Waals surface area (Å²) < 4.78 is 6.97. The number of aromatic nitrogens is 4. The molecule has 6 heteroatoms. The summed E-state index contributed by atoms with van der Waals surface area (Å²) in [5.41, 5.74) is 8.08. The molecule has 0 fully saturated rings. The molecule has 3 rings (SSSR count). The molecule has 3 aromatic rings. The van der Waals surface area contributed by atoms with Crippen molar-refractivity contribution in [3.05, 3.63) is 54.0 Å². The minimum atomic E-state index is 0.381. The van der Waals surface area contributed by atoms with Gasteiger partial charge in [0.15, 0.2) is 5.76 Å². The number of nitrogens with two attached hydrogens (primary N) is 1. The Labute approximate surface area is 109 Å². The normalized spacial score (nSPS) is 10.8. The van der Waals surface area contributed by atoms with Crippen molar-refractivity contribution in [2.75, 3.05) is 0 Å².